The summed E-state index contributed by atoms with van der Waals surface area (Å²) in [6, 6.07) is 0. The van der Waals surface area contributed by atoms with E-state index in [9.17, 15) is 9.18 Å². The largest absolute Gasteiger partial charge is 0.297 e. The van der Waals surface area contributed by atoms with Crippen molar-refractivity contribution in [3.63, 3.8) is 0 Å². The van der Waals surface area contributed by atoms with Gasteiger partial charge in [-0.3, -0.25) is 4.79 Å². The fraction of sp³-hybridized carbons (Fsp3) is 0.800. The molecule has 0 saturated heterocycles. The molecule has 0 fully saturated rings. The number of alkyl halides is 1. The van der Waals surface area contributed by atoms with Gasteiger partial charge in [0.15, 0.2) is 5.78 Å². The molecule has 0 radical (unpaired) electrons. The fourth-order valence-electron chi connectivity index (χ4n) is 0. The van der Waals surface area contributed by atoms with E-state index in [-0.39, 0.29) is 0 Å². The standard InChI is InChI=1S/C3H5FO.C2H6/c1-3(5)2-4;1-2/h2H2,1H3;1-2H3. The molecule has 0 N–H and O–H groups in total. The maximum absolute atomic E-state index is 10.8. The highest BCUT2D eigenvalue weighted by molar-refractivity contribution is 5.76. The highest BCUT2D eigenvalue weighted by Crippen LogP contribution is 1.64. The predicted molar refractivity (Wildman–Crippen MR) is 28.0 cm³/mol. The van der Waals surface area contributed by atoms with Gasteiger partial charge in [0.2, 0.25) is 0 Å². The summed E-state index contributed by atoms with van der Waals surface area (Å²) < 4.78 is 10.8. The monoisotopic (exact) mass is 106 g/mol. The van der Waals surface area contributed by atoms with Crippen LogP contribution in [0.5, 0.6) is 0 Å². The van der Waals surface area contributed by atoms with E-state index in [1.165, 1.54) is 6.92 Å². The van der Waals surface area contributed by atoms with Gasteiger partial charge in [0.1, 0.15) is 6.67 Å². The first kappa shape index (κ1) is 9.78. The number of carbonyl (C=O) groups is 1. The number of rotatable bonds is 1. The lowest BCUT2D eigenvalue weighted by molar-refractivity contribution is -0.117. The molecule has 0 atom stereocenters. The molecule has 2 heteroatoms. The van der Waals surface area contributed by atoms with Crippen LogP contribution in [0.25, 0.3) is 0 Å². The average Bonchev–Trinajstić information content (AvgIpc) is 1.73. The van der Waals surface area contributed by atoms with Gasteiger partial charge in [-0.25, -0.2) is 4.39 Å². The Morgan fingerprint density at radius 2 is 1.71 bits per heavy atom. The number of Topliss-reactive ketones (excluding diaryl/α,β-unsaturated/α-hetero) is 1. The van der Waals surface area contributed by atoms with Gasteiger partial charge in [-0.2, -0.15) is 0 Å². The zero-order valence-electron chi connectivity index (χ0n) is 4.99. The average molecular weight is 106 g/mol. The molecule has 0 aliphatic carbocycles. The van der Waals surface area contributed by atoms with Gasteiger partial charge in [0.05, 0.1) is 0 Å². The Hall–Kier alpha value is -0.400. The lowest BCUT2D eigenvalue weighted by atomic mass is 10.5. The minimum atomic E-state index is -0.833. The minimum absolute atomic E-state index is 0.412. The molecule has 0 aromatic heterocycles. The second-order valence-corrected chi connectivity index (χ2v) is 0.836. The highest BCUT2D eigenvalue weighted by atomic mass is 19.1. The van der Waals surface area contributed by atoms with Crippen LogP contribution in [-0.4, -0.2) is 12.5 Å². The number of hydrogen-bond donors (Lipinski definition) is 0. The van der Waals surface area contributed by atoms with Crippen LogP contribution in [0.3, 0.4) is 0 Å². The van der Waals surface area contributed by atoms with E-state index in [1.54, 1.807) is 0 Å². The van der Waals surface area contributed by atoms with Gasteiger partial charge in [0.25, 0.3) is 0 Å². The molecule has 0 aromatic rings. The SMILES string of the molecule is CC.CC(=O)CF. The summed E-state index contributed by atoms with van der Waals surface area (Å²) >= 11 is 0. The Morgan fingerprint density at radius 3 is 1.71 bits per heavy atom. The highest BCUT2D eigenvalue weighted by Gasteiger charge is 1.81. The summed E-state index contributed by atoms with van der Waals surface area (Å²) in [5.74, 6) is -0.412. The first-order valence-electron chi connectivity index (χ1n) is 2.32. The van der Waals surface area contributed by atoms with Gasteiger partial charge in [-0.1, -0.05) is 13.8 Å². The molecular weight excluding hydrogens is 95.1 g/mol. The quantitative estimate of drug-likeness (QED) is 0.496. The van der Waals surface area contributed by atoms with Gasteiger partial charge in [-0.05, 0) is 6.92 Å². The molecule has 0 rings (SSSR count). The van der Waals surface area contributed by atoms with Crippen molar-refractivity contribution in [2.45, 2.75) is 20.8 Å². The fourth-order valence-corrected chi connectivity index (χ4v) is 0. The second kappa shape index (κ2) is 9.14. The Labute approximate surface area is 43.5 Å². The Balaban J connectivity index is 0. The number of ketones is 1. The van der Waals surface area contributed by atoms with Crippen LogP contribution in [0.4, 0.5) is 4.39 Å². The van der Waals surface area contributed by atoms with Crippen LogP contribution in [0.15, 0.2) is 0 Å². The molecule has 0 bridgehead atoms. The molecule has 0 aliphatic rings. The number of carbonyl (C=O) groups excluding carboxylic acids is 1. The van der Waals surface area contributed by atoms with Crippen LogP contribution in [0.1, 0.15) is 20.8 Å². The number of halogens is 1. The van der Waals surface area contributed by atoms with Crippen LogP contribution in [-0.2, 0) is 4.79 Å². The maximum Gasteiger partial charge on any atom is 0.160 e. The minimum Gasteiger partial charge on any atom is -0.297 e. The first-order chi connectivity index (χ1) is 3.27. The summed E-state index contributed by atoms with van der Waals surface area (Å²) in [6.07, 6.45) is 0. The molecule has 0 spiro atoms. The van der Waals surface area contributed by atoms with Gasteiger partial charge >= 0.3 is 0 Å². The van der Waals surface area contributed by atoms with Crippen LogP contribution >= 0.6 is 0 Å². The van der Waals surface area contributed by atoms with E-state index in [1.807, 2.05) is 13.8 Å². The topological polar surface area (TPSA) is 17.1 Å². The molecule has 0 heterocycles. The van der Waals surface area contributed by atoms with Crippen molar-refractivity contribution in [2.75, 3.05) is 6.67 Å². The molecular formula is C5H11FO. The van der Waals surface area contributed by atoms with Gasteiger partial charge < -0.3 is 0 Å². The van der Waals surface area contributed by atoms with E-state index in [2.05, 4.69) is 0 Å². The lowest BCUT2D eigenvalue weighted by Crippen LogP contribution is -1.87. The molecule has 44 valence electrons. The molecule has 0 amide bonds. The first-order valence-corrected chi connectivity index (χ1v) is 2.32. The van der Waals surface area contributed by atoms with Gasteiger partial charge in [-0.15, -0.1) is 0 Å². The van der Waals surface area contributed by atoms with Crippen molar-refractivity contribution in [1.29, 1.82) is 0 Å². The zero-order valence-corrected chi connectivity index (χ0v) is 4.99. The Bertz CT molecular complexity index is 43.3. The smallest absolute Gasteiger partial charge is 0.160 e. The third kappa shape index (κ3) is 28.3. The predicted octanol–water partition coefficient (Wildman–Crippen LogP) is 1.57. The summed E-state index contributed by atoms with van der Waals surface area (Å²) in [6.45, 7) is 4.38. The van der Waals surface area contributed by atoms with E-state index < -0.39 is 12.5 Å². The van der Waals surface area contributed by atoms with Crippen LogP contribution in [0, 0.1) is 0 Å². The summed E-state index contributed by atoms with van der Waals surface area (Å²) in [4.78, 5) is 9.44. The van der Waals surface area contributed by atoms with E-state index in [0.29, 0.717) is 0 Å². The van der Waals surface area contributed by atoms with Crippen molar-refractivity contribution in [2.24, 2.45) is 0 Å². The van der Waals surface area contributed by atoms with E-state index >= 15 is 0 Å². The molecule has 0 unspecified atom stereocenters. The summed E-state index contributed by atoms with van der Waals surface area (Å²) in [7, 11) is 0. The Kier molecular flexibility index (Phi) is 12.8. The lowest BCUT2D eigenvalue weighted by Gasteiger charge is -1.68. The van der Waals surface area contributed by atoms with Crippen molar-refractivity contribution in [1.82, 2.24) is 0 Å². The van der Waals surface area contributed by atoms with Crippen molar-refractivity contribution in [3.8, 4) is 0 Å². The van der Waals surface area contributed by atoms with E-state index in [4.69, 9.17) is 0 Å². The summed E-state index contributed by atoms with van der Waals surface area (Å²) in [5.41, 5.74) is 0. The summed E-state index contributed by atoms with van der Waals surface area (Å²) in [5, 5.41) is 0. The van der Waals surface area contributed by atoms with Crippen molar-refractivity contribution >= 4 is 5.78 Å². The van der Waals surface area contributed by atoms with Crippen molar-refractivity contribution < 1.29 is 9.18 Å². The molecule has 7 heavy (non-hydrogen) atoms. The van der Waals surface area contributed by atoms with Crippen LogP contribution in [0.2, 0.25) is 0 Å². The molecule has 1 nitrogen and oxygen atoms in total. The molecule has 0 aliphatic heterocycles. The Morgan fingerprint density at radius 1 is 1.57 bits per heavy atom. The maximum atomic E-state index is 10.8. The second-order valence-electron chi connectivity index (χ2n) is 0.836. The van der Waals surface area contributed by atoms with Gasteiger partial charge in [0, 0.05) is 0 Å². The normalized spacial score (nSPS) is 6.29. The van der Waals surface area contributed by atoms with Crippen molar-refractivity contribution in [3.05, 3.63) is 0 Å². The molecule has 0 aromatic carbocycles. The third-order valence-electron chi connectivity index (χ3n) is 0.188. The third-order valence-corrected chi connectivity index (χ3v) is 0.188. The molecule has 0 saturated carbocycles. The number of hydrogen-bond acceptors (Lipinski definition) is 1. The van der Waals surface area contributed by atoms with E-state index in [0.717, 1.165) is 0 Å². The van der Waals surface area contributed by atoms with Crippen LogP contribution < -0.4 is 0 Å². The zero-order chi connectivity index (χ0) is 6.28.